The minimum atomic E-state index is 0.319. The average Bonchev–Trinajstić information content (AvgIpc) is 3.06. The van der Waals surface area contributed by atoms with Crippen molar-refractivity contribution in [2.24, 2.45) is 0 Å². The van der Waals surface area contributed by atoms with Crippen LogP contribution in [-0.4, -0.2) is 66.2 Å². The van der Waals surface area contributed by atoms with Crippen molar-refractivity contribution in [3.8, 4) is 5.88 Å². The molecule has 0 radical (unpaired) electrons. The molecule has 0 saturated carbocycles. The number of likely N-dealkylation sites (tertiary alicyclic amines) is 1. The van der Waals surface area contributed by atoms with E-state index in [0.717, 1.165) is 43.5 Å². The van der Waals surface area contributed by atoms with Crippen LogP contribution in [0.1, 0.15) is 38.5 Å². The van der Waals surface area contributed by atoms with Crippen molar-refractivity contribution in [2.75, 3.05) is 38.5 Å². The van der Waals surface area contributed by atoms with Crippen molar-refractivity contribution in [3.05, 3.63) is 18.3 Å². The predicted molar refractivity (Wildman–Crippen MR) is 96.6 cm³/mol. The van der Waals surface area contributed by atoms with E-state index in [1.54, 1.807) is 0 Å². The van der Waals surface area contributed by atoms with Crippen LogP contribution in [0.2, 0.25) is 0 Å². The molecule has 2 atom stereocenters. The lowest BCUT2D eigenvalue weighted by molar-refractivity contribution is 0.110. The highest BCUT2D eigenvalue weighted by molar-refractivity contribution is 5.43. The van der Waals surface area contributed by atoms with Crippen molar-refractivity contribution in [2.45, 2.75) is 56.7 Å². The Hall–Kier alpha value is -1.33. The molecule has 3 saturated heterocycles. The largest absolute Gasteiger partial charge is 0.474 e. The number of hydrogen-bond donors (Lipinski definition) is 1. The molecule has 0 aliphatic carbocycles. The number of fused-ring (bicyclic) bond motifs is 1. The van der Waals surface area contributed by atoms with Crippen LogP contribution in [-0.2, 0) is 0 Å². The number of aromatic nitrogens is 1. The Balaban J connectivity index is 1.28. The van der Waals surface area contributed by atoms with E-state index in [4.69, 9.17) is 4.74 Å². The Morgan fingerprint density at radius 2 is 1.96 bits per heavy atom. The molecule has 0 spiro atoms. The molecule has 0 amide bonds. The van der Waals surface area contributed by atoms with Crippen molar-refractivity contribution in [1.82, 2.24) is 14.8 Å². The Morgan fingerprint density at radius 3 is 2.75 bits per heavy atom. The molecule has 1 aromatic heterocycles. The molecule has 132 valence electrons. The number of ether oxygens (including phenoxy) is 1. The second-order valence-electron chi connectivity index (χ2n) is 7.70. The first-order valence-electron chi connectivity index (χ1n) is 9.58. The maximum absolute atomic E-state index is 6.03. The molecule has 5 heteroatoms. The number of pyridine rings is 1. The standard InChI is InChI=1S/C19H30N4O/c1-22-10-7-18(8-11-22)24-19-5-4-16(14-20-19)21-15-6-12-23-9-2-3-17(23)13-15/h4-5,14-15,17-18,21H,2-3,6-13H2,1H3. The van der Waals surface area contributed by atoms with E-state index in [9.17, 15) is 0 Å². The predicted octanol–water partition coefficient (Wildman–Crippen LogP) is 2.59. The fraction of sp³-hybridized carbons (Fsp3) is 0.737. The zero-order valence-electron chi connectivity index (χ0n) is 14.8. The summed E-state index contributed by atoms with van der Waals surface area (Å²) in [6.45, 7) is 4.78. The van der Waals surface area contributed by atoms with E-state index < -0.39 is 0 Å². The number of piperidine rings is 2. The lowest BCUT2D eigenvalue weighted by Gasteiger charge is -2.35. The van der Waals surface area contributed by atoms with Crippen LogP contribution in [0.25, 0.3) is 0 Å². The van der Waals surface area contributed by atoms with E-state index in [2.05, 4.69) is 33.2 Å². The molecular weight excluding hydrogens is 300 g/mol. The number of nitrogens with zero attached hydrogens (tertiary/aromatic N) is 3. The van der Waals surface area contributed by atoms with Crippen molar-refractivity contribution >= 4 is 5.69 Å². The van der Waals surface area contributed by atoms with Crippen LogP contribution in [0.5, 0.6) is 5.88 Å². The van der Waals surface area contributed by atoms with Gasteiger partial charge in [0.05, 0.1) is 11.9 Å². The smallest absolute Gasteiger partial charge is 0.213 e. The van der Waals surface area contributed by atoms with Crippen molar-refractivity contribution in [1.29, 1.82) is 0 Å². The van der Waals surface area contributed by atoms with Crippen LogP contribution in [0, 0.1) is 0 Å². The van der Waals surface area contributed by atoms with Gasteiger partial charge in [-0.05, 0) is 58.2 Å². The lowest BCUT2D eigenvalue weighted by Crippen LogP contribution is -2.42. The van der Waals surface area contributed by atoms with Gasteiger partial charge in [-0.3, -0.25) is 0 Å². The second-order valence-corrected chi connectivity index (χ2v) is 7.70. The van der Waals surface area contributed by atoms with Crippen LogP contribution >= 0.6 is 0 Å². The highest BCUT2D eigenvalue weighted by Crippen LogP contribution is 2.28. The number of hydrogen-bond acceptors (Lipinski definition) is 5. The summed E-state index contributed by atoms with van der Waals surface area (Å²) in [6, 6.07) is 5.53. The molecule has 4 rings (SSSR count). The van der Waals surface area contributed by atoms with Gasteiger partial charge < -0.3 is 19.9 Å². The molecule has 0 bridgehead atoms. The van der Waals surface area contributed by atoms with E-state index in [-0.39, 0.29) is 0 Å². The number of nitrogens with one attached hydrogen (secondary N) is 1. The molecule has 4 heterocycles. The Morgan fingerprint density at radius 1 is 1.08 bits per heavy atom. The van der Waals surface area contributed by atoms with Gasteiger partial charge in [0, 0.05) is 37.8 Å². The third kappa shape index (κ3) is 3.83. The Kier molecular flexibility index (Phi) is 4.90. The number of anilines is 1. The van der Waals surface area contributed by atoms with E-state index in [1.165, 1.54) is 38.8 Å². The quantitative estimate of drug-likeness (QED) is 0.919. The normalized spacial score (nSPS) is 29.4. The molecule has 3 aliphatic heterocycles. The first-order chi connectivity index (χ1) is 11.8. The van der Waals surface area contributed by atoms with Crippen molar-refractivity contribution in [3.63, 3.8) is 0 Å². The molecular formula is C19H30N4O. The Bertz CT molecular complexity index is 527. The van der Waals surface area contributed by atoms with Gasteiger partial charge >= 0.3 is 0 Å². The zero-order chi connectivity index (χ0) is 16.4. The molecule has 2 unspecified atom stereocenters. The fourth-order valence-corrected chi connectivity index (χ4v) is 4.40. The third-order valence-electron chi connectivity index (χ3n) is 5.88. The second kappa shape index (κ2) is 7.28. The monoisotopic (exact) mass is 330 g/mol. The SMILES string of the molecule is CN1CCC(Oc2ccc(NC3CCN4CCCC4C3)cn2)CC1. The minimum Gasteiger partial charge on any atom is -0.474 e. The zero-order valence-corrected chi connectivity index (χ0v) is 14.8. The molecule has 3 fully saturated rings. The van der Waals surface area contributed by atoms with Gasteiger partial charge in [0.15, 0.2) is 0 Å². The van der Waals surface area contributed by atoms with Gasteiger partial charge in [0.2, 0.25) is 5.88 Å². The van der Waals surface area contributed by atoms with Gasteiger partial charge in [-0.25, -0.2) is 4.98 Å². The van der Waals surface area contributed by atoms with Gasteiger partial charge in [-0.1, -0.05) is 0 Å². The topological polar surface area (TPSA) is 40.6 Å². The molecule has 5 nitrogen and oxygen atoms in total. The highest BCUT2D eigenvalue weighted by atomic mass is 16.5. The third-order valence-corrected chi connectivity index (χ3v) is 5.88. The summed E-state index contributed by atoms with van der Waals surface area (Å²) in [6.07, 6.45) is 9.71. The first-order valence-corrected chi connectivity index (χ1v) is 9.58. The summed E-state index contributed by atoms with van der Waals surface area (Å²) in [5.41, 5.74) is 1.13. The Labute approximate surface area is 145 Å². The van der Waals surface area contributed by atoms with Crippen LogP contribution in [0.15, 0.2) is 18.3 Å². The summed E-state index contributed by atoms with van der Waals surface area (Å²) in [5, 5.41) is 3.68. The van der Waals surface area contributed by atoms with Crippen molar-refractivity contribution < 1.29 is 4.74 Å². The minimum absolute atomic E-state index is 0.319. The number of rotatable bonds is 4. The van der Waals surface area contributed by atoms with E-state index in [1.807, 2.05) is 12.3 Å². The van der Waals surface area contributed by atoms with Gasteiger partial charge in [0.25, 0.3) is 0 Å². The van der Waals surface area contributed by atoms with Crippen LogP contribution in [0.3, 0.4) is 0 Å². The molecule has 3 aliphatic rings. The summed E-state index contributed by atoms with van der Waals surface area (Å²) in [4.78, 5) is 9.53. The van der Waals surface area contributed by atoms with E-state index >= 15 is 0 Å². The summed E-state index contributed by atoms with van der Waals surface area (Å²) in [5.74, 6) is 0.765. The summed E-state index contributed by atoms with van der Waals surface area (Å²) < 4.78 is 6.03. The lowest BCUT2D eigenvalue weighted by atomic mass is 9.97. The van der Waals surface area contributed by atoms with Gasteiger partial charge in [-0.2, -0.15) is 0 Å². The maximum atomic E-state index is 6.03. The summed E-state index contributed by atoms with van der Waals surface area (Å²) >= 11 is 0. The van der Waals surface area contributed by atoms with Crippen LogP contribution in [0.4, 0.5) is 5.69 Å². The maximum Gasteiger partial charge on any atom is 0.213 e. The molecule has 24 heavy (non-hydrogen) atoms. The van der Waals surface area contributed by atoms with Gasteiger partial charge in [-0.15, -0.1) is 0 Å². The molecule has 0 aromatic carbocycles. The summed E-state index contributed by atoms with van der Waals surface area (Å²) in [7, 11) is 2.17. The van der Waals surface area contributed by atoms with Gasteiger partial charge in [0.1, 0.15) is 6.10 Å². The first kappa shape index (κ1) is 16.2. The van der Waals surface area contributed by atoms with E-state index in [0.29, 0.717) is 12.1 Å². The fourth-order valence-electron chi connectivity index (χ4n) is 4.40. The highest BCUT2D eigenvalue weighted by Gasteiger charge is 2.31. The average molecular weight is 330 g/mol. The van der Waals surface area contributed by atoms with Crippen LogP contribution < -0.4 is 10.1 Å². The molecule has 1 aromatic rings. The molecule has 1 N–H and O–H groups in total.